The molecule has 0 fully saturated rings. The summed E-state index contributed by atoms with van der Waals surface area (Å²) in [6, 6.07) is 50.2. The Bertz CT molecular complexity index is 1930. The normalized spacial score (nSPS) is 13.7. The molecule has 0 atom stereocenters. The van der Waals surface area contributed by atoms with Gasteiger partial charge in [0.1, 0.15) is 23.3 Å². The van der Waals surface area contributed by atoms with Crippen LogP contribution in [0.5, 0.6) is 11.5 Å². The molecule has 2 aliphatic heterocycles. The average molecular weight is 526 g/mol. The molecule has 4 heteroatoms. The highest BCUT2D eigenvalue weighted by Crippen LogP contribution is 2.62. The molecular formula is C37H23N3O. The molecular weight excluding hydrogens is 502 g/mol. The van der Waals surface area contributed by atoms with Crippen molar-refractivity contribution in [1.82, 2.24) is 4.98 Å². The molecule has 192 valence electrons. The van der Waals surface area contributed by atoms with Gasteiger partial charge in [-0.05, 0) is 53.6 Å². The highest BCUT2D eigenvalue weighted by Gasteiger charge is 2.51. The molecule has 3 heterocycles. The third kappa shape index (κ3) is 3.24. The topological polar surface area (TPSA) is 49.2 Å². The van der Waals surface area contributed by atoms with Crippen LogP contribution in [0.1, 0.15) is 27.9 Å². The second-order valence-electron chi connectivity index (χ2n) is 10.3. The van der Waals surface area contributed by atoms with Crippen LogP contribution in [-0.4, -0.2) is 4.98 Å². The molecule has 0 saturated carbocycles. The van der Waals surface area contributed by atoms with E-state index < -0.39 is 5.41 Å². The summed E-state index contributed by atoms with van der Waals surface area (Å²) in [5, 5.41) is 9.56. The minimum atomic E-state index is -0.580. The van der Waals surface area contributed by atoms with Crippen molar-refractivity contribution in [2.45, 2.75) is 5.41 Å². The van der Waals surface area contributed by atoms with Crippen molar-refractivity contribution in [2.24, 2.45) is 0 Å². The Kier molecular flexibility index (Phi) is 5.07. The van der Waals surface area contributed by atoms with Crippen molar-refractivity contribution in [3.63, 3.8) is 0 Å². The van der Waals surface area contributed by atoms with Crippen LogP contribution in [0.3, 0.4) is 0 Å². The lowest BCUT2D eigenvalue weighted by molar-refractivity contribution is 0.434. The molecule has 5 aromatic carbocycles. The quantitative estimate of drug-likeness (QED) is 0.226. The van der Waals surface area contributed by atoms with Crippen molar-refractivity contribution in [3.05, 3.63) is 167 Å². The molecule has 41 heavy (non-hydrogen) atoms. The smallest absolute Gasteiger partial charge is 0.141 e. The van der Waals surface area contributed by atoms with Crippen LogP contribution >= 0.6 is 0 Å². The van der Waals surface area contributed by atoms with Gasteiger partial charge in [-0.3, -0.25) is 0 Å². The van der Waals surface area contributed by atoms with Crippen molar-refractivity contribution in [1.29, 1.82) is 5.26 Å². The maximum atomic E-state index is 9.56. The minimum absolute atomic E-state index is 0.395. The number of fused-ring (bicyclic) bond motifs is 8. The lowest BCUT2D eigenvalue weighted by Crippen LogP contribution is -2.39. The number of anilines is 3. The van der Waals surface area contributed by atoms with E-state index in [1.54, 1.807) is 6.07 Å². The number of nitrogens with zero attached hydrogens (tertiary/aromatic N) is 3. The Labute approximate surface area is 238 Å². The summed E-state index contributed by atoms with van der Waals surface area (Å²) in [6.45, 7) is 0. The predicted molar refractivity (Wildman–Crippen MR) is 161 cm³/mol. The van der Waals surface area contributed by atoms with Crippen LogP contribution in [0.15, 0.2) is 140 Å². The van der Waals surface area contributed by atoms with E-state index in [0.29, 0.717) is 5.69 Å². The molecule has 0 amide bonds. The summed E-state index contributed by atoms with van der Waals surface area (Å²) >= 11 is 0. The van der Waals surface area contributed by atoms with Crippen molar-refractivity contribution < 1.29 is 4.74 Å². The molecule has 6 aromatic rings. The van der Waals surface area contributed by atoms with Crippen molar-refractivity contribution >= 4 is 17.1 Å². The number of benzene rings is 5. The largest absolute Gasteiger partial charge is 0.457 e. The fraction of sp³-hybridized carbons (Fsp3) is 0.0270. The zero-order valence-electron chi connectivity index (χ0n) is 22.0. The SMILES string of the molecule is N#Cc1cccc(-c2ccccc2N2c3ccccc3C3(c4ccccc4Oc4ccccc43)c3ccccc32)n1. The van der Waals surface area contributed by atoms with E-state index >= 15 is 0 Å². The first-order valence-electron chi connectivity index (χ1n) is 13.6. The van der Waals surface area contributed by atoms with Gasteiger partial charge in [-0.25, -0.2) is 4.98 Å². The van der Waals surface area contributed by atoms with Crippen LogP contribution in [0.2, 0.25) is 0 Å². The predicted octanol–water partition coefficient (Wildman–Crippen LogP) is 8.89. The van der Waals surface area contributed by atoms with E-state index in [-0.39, 0.29) is 0 Å². The van der Waals surface area contributed by atoms with Gasteiger partial charge in [0.15, 0.2) is 0 Å². The fourth-order valence-corrected chi connectivity index (χ4v) is 6.61. The lowest BCUT2D eigenvalue weighted by atomic mass is 9.61. The number of aromatic nitrogens is 1. The Morgan fingerprint density at radius 2 is 1.05 bits per heavy atom. The maximum absolute atomic E-state index is 9.56. The van der Waals surface area contributed by atoms with E-state index in [2.05, 4.69) is 119 Å². The zero-order chi connectivity index (χ0) is 27.4. The minimum Gasteiger partial charge on any atom is -0.457 e. The van der Waals surface area contributed by atoms with Gasteiger partial charge in [0, 0.05) is 16.7 Å². The summed E-state index contributed by atoms with van der Waals surface area (Å²) in [6.07, 6.45) is 0. The monoisotopic (exact) mass is 525 g/mol. The molecule has 0 radical (unpaired) electrons. The fourth-order valence-electron chi connectivity index (χ4n) is 6.61. The van der Waals surface area contributed by atoms with Gasteiger partial charge in [-0.1, -0.05) is 97.1 Å². The van der Waals surface area contributed by atoms with Crippen LogP contribution in [0.25, 0.3) is 11.3 Å². The van der Waals surface area contributed by atoms with E-state index in [9.17, 15) is 5.26 Å². The van der Waals surface area contributed by atoms with Gasteiger partial charge in [0.2, 0.25) is 0 Å². The van der Waals surface area contributed by atoms with Crippen LogP contribution in [-0.2, 0) is 5.41 Å². The summed E-state index contributed by atoms with van der Waals surface area (Å²) in [5.41, 5.74) is 9.29. The molecule has 0 N–H and O–H groups in total. The first-order valence-corrected chi connectivity index (χ1v) is 13.6. The Balaban J connectivity index is 1.48. The number of hydrogen-bond acceptors (Lipinski definition) is 4. The number of ether oxygens (including phenoxy) is 1. The second kappa shape index (κ2) is 8.94. The van der Waals surface area contributed by atoms with Gasteiger partial charge < -0.3 is 9.64 Å². The van der Waals surface area contributed by atoms with Gasteiger partial charge >= 0.3 is 0 Å². The summed E-state index contributed by atoms with van der Waals surface area (Å²) in [4.78, 5) is 7.01. The van der Waals surface area contributed by atoms with Crippen LogP contribution in [0.4, 0.5) is 17.1 Å². The molecule has 0 bridgehead atoms. The third-order valence-corrected chi connectivity index (χ3v) is 8.18. The molecule has 4 nitrogen and oxygen atoms in total. The van der Waals surface area contributed by atoms with Crippen LogP contribution in [0, 0.1) is 11.3 Å². The molecule has 0 saturated heterocycles. The summed E-state index contributed by atoms with van der Waals surface area (Å²) in [5.74, 6) is 1.73. The molecule has 0 unspecified atom stereocenters. The Morgan fingerprint density at radius 1 is 0.537 bits per heavy atom. The number of para-hydroxylation sites is 5. The molecule has 1 spiro atoms. The van der Waals surface area contributed by atoms with E-state index in [1.165, 1.54) is 11.1 Å². The maximum Gasteiger partial charge on any atom is 0.141 e. The van der Waals surface area contributed by atoms with Crippen LogP contribution < -0.4 is 9.64 Å². The Hall–Kier alpha value is -5.66. The summed E-state index contributed by atoms with van der Waals surface area (Å²) < 4.78 is 6.50. The number of pyridine rings is 1. The van der Waals surface area contributed by atoms with E-state index in [4.69, 9.17) is 4.74 Å². The number of hydrogen-bond donors (Lipinski definition) is 0. The molecule has 0 aliphatic carbocycles. The lowest BCUT2D eigenvalue weighted by Gasteiger charge is -2.48. The molecule has 1 aromatic heterocycles. The molecule has 8 rings (SSSR count). The zero-order valence-corrected chi connectivity index (χ0v) is 22.0. The van der Waals surface area contributed by atoms with Gasteiger partial charge in [0.05, 0.1) is 28.2 Å². The molecule has 2 aliphatic rings. The van der Waals surface area contributed by atoms with E-state index in [0.717, 1.165) is 50.9 Å². The third-order valence-electron chi connectivity index (χ3n) is 8.18. The van der Waals surface area contributed by atoms with Gasteiger partial charge in [0.25, 0.3) is 0 Å². The average Bonchev–Trinajstić information content (AvgIpc) is 3.05. The standard InChI is InChI=1S/C37H23N3O/c38-24-25-12-11-18-31(39-25)26-13-1-6-19-32(26)40-33-20-7-2-14-27(33)37(28-15-3-8-21-34(28)40)29-16-4-9-22-35(29)41-36-23-10-5-17-30(36)37/h1-23H. The highest BCUT2D eigenvalue weighted by molar-refractivity contribution is 5.94. The second-order valence-corrected chi connectivity index (χ2v) is 10.3. The number of rotatable bonds is 2. The number of nitriles is 1. The van der Waals surface area contributed by atoms with Gasteiger partial charge in [-0.2, -0.15) is 5.26 Å². The van der Waals surface area contributed by atoms with Gasteiger partial charge in [-0.15, -0.1) is 0 Å². The summed E-state index contributed by atoms with van der Waals surface area (Å²) in [7, 11) is 0. The Morgan fingerprint density at radius 3 is 1.66 bits per heavy atom. The van der Waals surface area contributed by atoms with E-state index in [1.807, 2.05) is 30.3 Å². The highest BCUT2D eigenvalue weighted by atomic mass is 16.5. The first kappa shape index (κ1) is 23.2. The van der Waals surface area contributed by atoms with Crippen molar-refractivity contribution in [2.75, 3.05) is 4.90 Å². The van der Waals surface area contributed by atoms with Crippen molar-refractivity contribution in [3.8, 4) is 28.8 Å². The first-order chi connectivity index (χ1) is 20.3.